The third-order valence-electron chi connectivity index (χ3n) is 5.90. The minimum absolute atomic E-state index is 0.248. The summed E-state index contributed by atoms with van der Waals surface area (Å²) in [7, 11) is 1.44. The van der Waals surface area contributed by atoms with E-state index in [0.717, 1.165) is 28.9 Å². The molecule has 1 spiro atoms. The number of fused-ring (bicyclic) bond motifs is 2. The predicted octanol–water partition coefficient (Wildman–Crippen LogP) is 2.52. The van der Waals surface area contributed by atoms with Crippen molar-refractivity contribution in [3.05, 3.63) is 64.7 Å². The van der Waals surface area contributed by atoms with Gasteiger partial charge in [0.25, 0.3) is 5.91 Å². The molecule has 1 saturated heterocycles. The summed E-state index contributed by atoms with van der Waals surface area (Å²) in [6, 6.07) is 13.7. The highest BCUT2D eigenvalue weighted by atomic mass is 35.5. The Balaban J connectivity index is 1.42. The van der Waals surface area contributed by atoms with Crippen molar-refractivity contribution in [2.45, 2.75) is 24.8 Å². The smallest absolute Gasteiger partial charge is 0.325 e. The Bertz CT molecular complexity index is 1100. The number of urea groups is 1. The molecule has 0 radical (unpaired) electrons. The SMILES string of the molecule is CN(CC(=O)Nc1ccccc1Cl)C(=O)CN1C(=O)N[C@]2(CCCc3ccccc32)C1=O. The number of hydrogen-bond acceptors (Lipinski definition) is 4. The third kappa shape index (κ3) is 3.93. The van der Waals surface area contributed by atoms with Crippen molar-refractivity contribution in [2.24, 2.45) is 0 Å². The summed E-state index contributed by atoms with van der Waals surface area (Å²) in [6.07, 6.45) is 2.07. The molecule has 0 saturated carbocycles. The molecule has 166 valence electrons. The van der Waals surface area contributed by atoms with Crippen LogP contribution >= 0.6 is 11.6 Å². The fourth-order valence-corrected chi connectivity index (χ4v) is 4.45. The van der Waals surface area contributed by atoms with Crippen LogP contribution < -0.4 is 10.6 Å². The Kier molecular flexibility index (Phi) is 5.88. The Labute approximate surface area is 190 Å². The number of para-hydroxylation sites is 1. The minimum atomic E-state index is -1.13. The highest BCUT2D eigenvalue weighted by molar-refractivity contribution is 6.33. The number of hydrogen-bond donors (Lipinski definition) is 2. The molecule has 0 unspecified atom stereocenters. The van der Waals surface area contributed by atoms with Gasteiger partial charge in [0, 0.05) is 7.05 Å². The maximum atomic E-state index is 13.3. The van der Waals surface area contributed by atoms with Crippen molar-refractivity contribution in [2.75, 3.05) is 25.5 Å². The van der Waals surface area contributed by atoms with Gasteiger partial charge in [0.15, 0.2) is 0 Å². The number of likely N-dealkylation sites (N-methyl/N-ethyl adjacent to an activating group) is 1. The average Bonchev–Trinajstić information content (AvgIpc) is 3.00. The predicted molar refractivity (Wildman–Crippen MR) is 119 cm³/mol. The average molecular weight is 455 g/mol. The zero-order chi connectivity index (χ0) is 22.9. The topological polar surface area (TPSA) is 98.8 Å². The number of nitrogens with zero attached hydrogens (tertiary/aromatic N) is 2. The Morgan fingerprint density at radius 1 is 1.16 bits per heavy atom. The van der Waals surface area contributed by atoms with Gasteiger partial charge in [-0.1, -0.05) is 48.0 Å². The number of halogens is 1. The number of carbonyl (C=O) groups excluding carboxylic acids is 4. The molecule has 8 nitrogen and oxygen atoms in total. The molecule has 9 heteroatoms. The second-order valence-electron chi connectivity index (χ2n) is 8.02. The first kappa shape index (κ1) is 21.8. The van der Waals surface area contributed by atoms with Gasteiger partial charge in [-0.3, -0.25) is 19.3 Å². The van der Waals surface area contributed by atoms with Gasteiger partial charge in [0.05, 0.1) is 17.3 Å². The van der Waals surface area contributed by atoms with Crippen LogP contribution in [-0.2, 0) is 26.3 Å². The molecule has 5 amide bonds. The van der Waals surface area contributed by atoms with E-state index < -0.39 is 35.8 Å². The number of anilines is 1. The summed E-state index contributed by atoms with van der Waals surface area (Å²) in [5.41, 5.74) is 1.11. The molecule has 2 aromatic carbocycles. The van der Waals surface area contributed by atoms with E-state index >= 15 is 0 Å². The number of benzene rings is 2. The minimum Gasteiger partial charge on any atom is -0.335 e. The molecular weight excluding hydrogens is 432 g/mol. The van der Waals surface area contributed by atoms with Crippen LogP contribution in [0.25, 0.3) is 0 Å². The van der Waals surface area contributed by atoms with E-state index in [0.29, 0.717) is 17.1 Å². The number of imide groups is 1. The van der Waals surface area contributed by atoms with Crippen LogP contribution in [0.4, 0.5) is 10.5 Å². The number of nitrogens with one attached hydrogen (secondary N) is 2. The first-order chi connectivity index (χ1) is 15.3. The molecule has 1 atom stereocenters. The van der Waals surface area contributed by atoms with Crippen LogP contribution in [-0.4, -0.2) is 53.7 Å². The van der Waals surface area contributed by atoms with Crippen molar-refractivity contribution in [1.82, 2.24) is 15.1 Å². The van der Waals surface area contributed by atoms with Gasteiger partial charge in [-0.25, -0.2) is 4.79 Å². The van der Waals surface area contributed by atoms with Crippen molar-refractivity contribution < 1.29 is 19.2 Å². The Hall–Kier alpha value is -3.39. The second-order valence-corrected chi connectivity index (χ2v) is 8.42. The van der Waals surface area contributed by atoms with Crippen LogP contribution in [0.15, 0.2) is 48.5 Å². The van der Waals surface area contributed by atoms with E-state index in [-0.39, 0.29) is 6.54 Å². The van der Waals surface area contributed by atoms with Crippen LogP contribution in [0, 0.1) is 0 Å². The first-order valence-corrected chi connectivity index (χ1v) is 10.7. The lowest BCUT2D eigenvalue weighted by Crippen LogP contribution is -2.47. The van der Waals surface area contributed by atoms with Crippen molar-refractivity contribution in [3.8, 4) is 0 Å². The molecule has 0 bridgehead atoms. The second kappa shape index (κ2) is 8.63. The number of carbonyl (C=O) groups is 4. The van der Waals surface area contributed by atoms with E-state index in [4.69, 9.17) is 11.6 Å². The molecule has 2 N–H and O–H groups in total. The number of aryl methyl sites for hydroxylation is 1. The largest absolute Gasteiger partial charge is 0.335 e. The third-order valence-corrected chi connectivity index (χ3v) is 6.23. The van der Waals surface area contributed by atoms with Gasteiger partial charge in [0.2, 0.25) is 11.8 Å². The molecule has 32 heavy (non-hydrogen) atoms. The van der Waals surface area contributed by atoms with E-state index in [1.54, 1.807) is 24.3 Å². The van der Waals surface area contributed by atoms with Crippen molar-refractivity contribution >= 4 is 41.0 Å². The fraction of sp³-hybridized carbons (Fsp3) is 0.304. The number of amides is 5. The van der Waals surface area contributed by atoms with Crippen LogP contribution in [0.1, 0.15) is 24.0 Å². The maximum Gasteiger partial charge on any atom is 0.325 e. The summed E-state index contributed by atoms with van der Waals surface area (Å²) in [6.45, 7) is -0.688. The molecule has 1 aliphatic heterocycles. The summed E-state index contributed by atoms with van der Waals surface area (Å²) >= 11 is 6.04. The lowest BCUT2D eigenvalue weighted by molar-refractivity contribution is -0.139. The van der Waals surface area contributed by atoms with Crippen LogP contribution in [0.3, 0.4) is 0 Å². The quantitative estimate of drug-likeness (QED) is 0.678. The summed E-state index contributed by atoms with van der Waals surface area (Å²) in [5.74, 6) is -1.40. The molecule has 2 aliphatic rings. The van der Waals surface area contributed by atoms with Crippen LogP contribution in [0.2, 0.25) is 5.02 Å². The summed E-state index contributed by atoms with van der Waals surface area (Å²) < 4.78 is 0. The standard InChI is InChI=1S/C23H23ClN4O4/c1-27(13-19(29)25-18-11-5-4-10-17(18)24)20(30)14-28-21(31)23(26-22(28)32)12-6-8-15-7-2-3-9-16(15)23/h2-5,7,9-11H,6,8,12-14H2,1H3,(H,25,29)(H,26,32)/t23-/m0/s1. The molecule has 2 aromatic rings. The highest BCUT2D eigenvalue weighted by Gasteiger charge is 2.54. The monoisotopic (exact) mass is 454 g/mol. The van der Waals surface area contributed by atoms with Crippen LogP contribution in [0.5, 0.6) is 0 Å². The van der Waals surface area contributed by atoms with Gasteiger partial charge in [0.1, 0.15) is 12.1 Å². The normalized spacial score (nSPS) is 19.5. The van der Waals surface area contributed by atoms with Gasteiger partial charge in [-0.15, -0.1) is 0 Å². The maximum absolute atomic E-state index is 13.3. The Morgan fingerprint density at radius 2 is 1.88 bits per heavy atom. The van der Waals surface area contributed by atoms with E-state index in [1.165, 1.54) is 11.9 Å². The summed E-state index contributed by atoms with van der Waals surface area (Å²) in [5, 5.41) is 5.84. The van der Waals surface area contributed by atoms with Crippen molar-refractivity contribution in [1.29, 1.82) is 0 Å². The molecule has 4 rings (SSSR count). The van der Waals surface area contributed by atoms with Crippen molar-refractivity contribution in [3.63, 3.8) is 0 Å². The molecule has 1 heterocycles. The lowest BCUT2D eigenvalue weighted by Gasteiger charge is -2.33. The molecule has 0 aromatic heterocycles. The van der Waals surface area contributed by atoms with E-state index in [9.17, 15) is 19.2 Å². The molecular formula is C23H23ClN4O4. The fourth-order valence-electron chi connectivity index (χ4n) is 4.27. The molecule has 1 fully saturated rings. The zero-order valence-corrected chi connectivity index (χ0v) is 18.3. The van der Waals surface area contributed by atoms with Gasteiger partial charge >= 0.3 is 6.03 Å². The first-order valence-electron chi connectivity index (χ1n) is 10.3. The van der Waals surface area contributed by atoms with Gasteiger partial charge in [-0.2, -0.15) is 0 Å². The zero-order valence-electron chi connectivity index (χ0n) is 17.6. The van der Waals surface area contributed by atoms with Gasteiger partial charge < -0.3 is 15.5 Å². The van der Waals surface area contributed by atoms with Gasteiger partial charge in [-0.05, 0) is 42.5 Å². The lowest BCUT2D eigenvalue weighted by atomic mass is 9.76. The van der Waals surface area contributed by atoms with E-state index in [1.807, 2.05) is 24.3 Å². The highest BCUT2D eigenvalue weighted by Crippen LogP contribution is 2.39. The van der Waals surface area contributed by atoms with E-state index in [2.05, 4.69) is 10.6 Å². The summed E-state index contributed by atoms with van der Waals surface area (Å²) in [4.78, 5) is 53.1. The molecule has 1 aliphatic carbocycles. The number of rotatable bonds is 5. The Morgan fingerprint density at radius 3 is 2.66 bits per heavy atom.